The van der Waals surface area contributed by atoms with E-state index in [-0.39, 0.29) is 18.9 Å². The third kappa shape index (κ3) is 3.66. The van der Waals surface area contributed by atoms with Crippen LogP contribution in [0.2, 0.25) is 0 Å². The first-order valence-corrected chi connectivity index (χ1v) is 6.00. The lowest BCUT2D eigenvalue weighted by molar-refractivity contribution is -0.140. The van der Waals surface area contributed by atoms with Gasteiger partial charge in [0.1, 0.15) is 11.4 Å². The number of ether oxygens (including phenoxy) is 1. The van der Waals surface area contributed by atoms with Crippen LogP contribution in [0.25, 0.3) is 0 Å². The second kappa shape index (κ2) is 6.83. The van der Waals surface area contributed by atoms with Gasteiger partial charge >= 0.3 is 5.97 Å². The SMILES string of the molecule is CCOc1ccc(F)c(C(=O)NCC(C)C(=O)O)c1F. The summed E-state index contributed by atoms with van der Waals surface area (Å²) >= 11 is 0. The first-order valence-electron chi connectivity index (χ1n) is 6.00. The number of carbonyl (C=O) groups is 2. The molecule has 5 nitrogen and oxygen atoms in total. The third-order valence-electron chi connectivity index (χ3n) is 2.57. The highest BCUT2D eigenvalue weighted by Gasteiger charge is 2.22. The molecule has 0 aromatic heterocycles. The van der Waals surface area contributed by atoms with Crippen LogP contribution in [0.1, 0.15) is 24.2 Å². The van der Waals surface area contributed by atoms with Gasteiger partial charge in [-0.2, -0.15) is 0 Å². The zero-order valence-corrected chi connectivity index (χ0v) is 11.1. The van der Waals surface area contributed by atoms with Gasteiger partial charge in [-0.25, -0.2) is 8.78 Å². The number of carboxylic acids is 1. The standard InChI is InChI=1S/C13H15F2NO4/c1-3-20-9-5-4-8(14)10(11(9)15)12(17)16-6-7(2)13(18)19/h4-5,7H,3,6H2,1-2H3,(H,16,17)(H,18,19). The molecule has 0 spiro atoms. The Bertz CT molecular complexity index is 519. The van der Waals surface area contributed by atoms with Crippen LogP contribution in [0.15, 0.2) is 12.1 Å². The molecule has 1 unspecified atom stereocenters. The summed E-state index contributed by atoms with van der Waals surface area (Å²) in [5.74, 6) is -5.37. The largest absolute Gasteiger partial charge is 0.491 e. The lowest BCUT2D eigenvalue weighted by Gasteiger charge is -2.11. The Morgan fingerprint density at radius 1 is 1.40 bits per heavy atom. The molecule has 0 radical (unpaired) electrons. The van der Waals surface area contributed by atoms with Gasteiger partial charge in [0.05, 0.1) is 12.5 Å². The predicted molar refractivity (Wildman–Crippen MR) is 66.7 cm³/mol. The Morgan fingerprint density at radius 2 is 2.05 bits per heavy atom. The summed E-state index contributed by atoms with van der Waals surface area (Å²) in [4.78, 5) is 22.3. The number of carboxylic acid groups (broad SMARTS) is 1. The molecule has 0 saturated heterocycles. The number of hydrogen-bond acceptors (Lipinski definition) is 3. The summed E-state index contributed by atoms with van der Waals surface area (Å²) in [6, 6.07) is 2.01. The maximum absolute atomic E-state index is 13.9. The molecule has 0 aliphatic rings. The highest BCUT2D eigenvalue weighted by atomic mass is 19.1. The first kappa shape index (κ1) is 15.9. The van der Waals surface area contributed by atoms with Crippen LogP contribution in [0.5, 0.6) is 5.75 Å². The first-order chi connectivity index (χ1) is 9.38. The van der Waals surface area contributed by atoms with Crippen molar-refractivity contribution in [3.63, 3.8) is 0 Å². The lowest BCUT2D eigenvalue weighted by atomic mass is 10.1. The van der Waals surface area contributed by atoms with E-state index in [1.807, 2.05) is 0 Å². The summed E-state index contributed by atoms with van der Waals surface area (Å²) in [6.45, 7) is 2.93. The number of benzene rings is 1. The Morgan fingerprint density at radius 3 is 2.60 bits per heavy atom. The van der Waals surface area contributed by atoms with Gasteiger partial charge in [-0.15, -0.1) is 0 Å². The number of nitrogens with one attached hydrogen (secondary N) is 1. The van der Waals surface area contributed by atoms with Crippen LogP contribution in [0, 0.1) is 17.6 Å². The molecule has 110 valence electrons. The summed E-state index contributed by atoms with van der Waals surface area (Å²) in [6.07, 6.45) is 0. The van der Waals surface area contributed by atoms with Crippen molar-refractivity contribution < 1.29 is 28.2 Å². The lowest BCUT2D eigenvalue weighted by Crippen LogP contribution is -2.32. The molecular weight excluding hydrogens is 272 g/mol. The van der Waals surface area contributed by atoms with Crippen LogP contribution in [0.4, 0.5) is 8.78 Å². The van der Waals surface area contributed by atoms with Crippen molar-refractivity contribution in [1.82, 2.24) is 5.32 Å². The second-order valence-electron chi connectivity index (χ2n) is 4.12. The smallest absolute Gasteiger partial charge is 0.308 e. The Kier molecular flexibility index (Phi) is 5.42. The van der Waals surface area contributed by atoms with Gasteiger partial charge in [-0.3, -0.25) is 9.59 Å². The zero-order valence-electron chi connectivity index (χ0n) is 11.1. The number of aliphatic carboxylic acids is 1. The Hall–Kier alpha value is -2.18. The molecule has 1 aromatic carbocycles. The molecule has 7 heteroatoms. The van der Waals surface area contributed by atoms with E-state index in [1.165, 1.54) is 6.92 Å². The molecule has 0 aliphatic heterocycles. The average Bonchev–Trinajstić information content (AvgIpc) is 2.39. The quantitative estimate of drug-likeness (QED) is 0.836. The summed E-state index contributed by atoms with van der Waals surface area (Å²) in [5, 5.41) is 10.8. The fourth-order valence-electron chi connectivity index (χ4n) is 1.43. The van der Waals surface area contributed by atoms with Crippen molar-refractivity contribution >= 4 is 11.9 Å². The highest BCUT2D eigenvalue weighted by molar-refractivity contribution is 5.95. The molecule has 0 aliphatic carbocycles. The van der Waals surface area contributed by atoms with Crippen LogP contribution in [-0.2, 0) is 4.79 Å². The number of rotatable bonds is 6. The molecular formula is C13H15F2NO4. The van der Waals surface area contributed by atoms with E-state index in [9.17, 15) is 18.4 Å². The highest BCUT2D eigenvalue weighted by Crippen LogP contribution is 2.23. The monoisotopic (exact) mass is 287 g/mol. The van der Waals surface area contributed by atoms with Crippen molar-refractivity contribution in [2.75, 3.05) is 13.2 Å². The minimum absolute atomic E-state index is 0.166. The van der Waals surface area contributed by atoms with Gasteiger partial charge in [0.25, 0.3) is 5.91 Å². The van der Waals surface area contributed by atoms with Gasteiger partial charge in [-0.05, 0) is 19.1 Å². The van der Waals surface area contributed by atoms with Crippen LogP contribution in [-0.4, -0.2) is 30.1 Å². The fraction of sp³-hybridized carbons (Fsp3) is 0.385. The maximum atomic E-state index is 13.9. The van der Waals surface area contributed by atoms with E-state index >= 15 is 0 Å². The molecule has 1 atom stereocenters. The number of hydrogen-bond donors (Lipinski definition) is 2. The summed E-state index contributed by atoms with van der Waals surface area (Å²) in [7, 11) is 0. The van der Waals surface area contributed by atoms with E-state index in [0.717, 1.165) is 12.1 Å². The van der Waals surface area contributed by atoms with E-state index in [1.54, 1.807) is 6.92 Å². The molecule has 0 bridgehead atoms. The number of amides is 1. The summed E-state index contributed by atoms with van der Waals surface area (Å²) < 4.78 is 32.4. The van der Waals surface area contributed by atoms with Crippen molar-refractivity contribution in [3.05, 3.63) is 29.3 Å². The van der Waals surface area contributed by atoms with E-state index in [4.69, 9.17) is 9.84 Å². The average molecular weight is 287 g/mol. The van der Waals surface area contributed by atoms with Crippen molar-refractivity contribution in [2.45, 2.75) is 13.8 Å². The van der Waals surface area contributed by atoms with Crippen molar-refractivity contribution in [2.24, 2.45) is 5.92 Å². The van der Waals surface area contributed by atoms with Crippen LogP contribution >= 0.6 is 0 Å². The van der Waals surface area contributed by atoms with Crippen molar-refractivity contribution in [3.8, 4) is 5.75 Å². The predicted octanol–water partition coefficient (Wildman–Crippen LogP) is 1.81. The fourth-order valence-corrected chi connectivity index (χ4v) is 1.43. The Labute approximate surface area is 114 Å². The van der Waals surface area contributed by atoms with Gasteiger partial charge in [0.2, 0.25) is 0 Å². The van der Waals surface area contributed by atoms with Gasteiger partial charge in [0, 0.05) is 6.54 Å². The van der Waals surface area contributed by atoms with E-state index < -0.39 is 35.0 Å². The molecule has 2 N–H and O–H groups in total. The third-order valence-corrected chi connectivity index (χ3v) is 2.57. The molecule has 0 saturated carbocycles. The summed E-state index contributed by atoms with van der Waals surface area (Å²) in [5.41, 5.74) is -0.784. The second-order valence-corrected chi connectivity index (χ2v) is 4.12. The number of halogens is 2. The molecule has 0 heterocycles. The van der Waals surface area contributed by atoms with E-state index in [0.29, 0.717) is 0 Å². The normalized spacial score (nSPS) is 11.8. The minimum Gasteiger partial charge on any atom is -0.491 e. The van der Waals surface area contributed by atoms with Crippen molar-refractivity contribution in [1.29, 1.82) is 0 Å². The van der Waals surface area contributed by atoms with Crippen LogP contribution in [0.3, 0.4) is 0 Å². The molecule has 1 amide bonds. The van der Waals surface area contributed by atoms with E-state index in [2.05, 4.69) is 5.32 Å². The van der Waals surface area contributed by atoms with Crippen LogP contribution < -0.4 is 10.1 Å². The molecule has 0 fully saturated rings. The van der Waals surface area contributed by atoms with Gasteiger partial charge in [0.15, 0.2) is 11.6 Å². The minimum atomic E-state index is -1.12. The van der Waals surface area contributed by atoms with Gasteiger partial charge < -0.3 is 15.2 Å². The number of carbonyl (C=O) groups excluding carboxylic acids is 1. The Balaban J connectivity index is 2.92. The maximum Gasteiger partial charge on any atom is 0.308 e. The molecule has 1 rings (SSSR count). The van der Waals surface area contributed by atoms with Gasteiger partial charge in [-0.1, -0.05) is 6.92 Å². The molecule has 20 heavy (non-hydrogen) atoms. The molecule has 1 aromatic rings. The zero-order chi connectivity index (χ0) is 15.3. The topological polar surface area (TPSA) is 75.6 Å².